The van der Waals surface area contributed by atoms with Crippen LogP contribution in [0.4, 0.5) is 14.6 Å². The second kappa shape index (κ2) is 10.9. The van der Waals surface area contributed by atoms with Crippen LogP contribution in [-0.2, 0) is 4.79 Å². The third-order valence-electron chi connectivity index (χ3n) is 6.93. The zero-order chi connectivity index (χ0) is 27.1. The fourth-order valence-corrected chi connectivity index (χ4v) is 10.5. The molecule has 1 fully saturated rings. The second-order valence-corrected chi connectivity index (χ2v) is 15.4. The van der Waals surface area contributed by atoms with E-state index in [0.717, 1.165) is 24.8 Å². The number of hydrogen-bond donors (Lipinski definition) is 1. The van der Waals surface area contributed by atoms with Gasteiger partial charge in [0.1, 0.15) is 0 Å². The van der Waals surface area contributed by atoms with Crippen LogP contribution in [0.1, 0.15) is 24.8 Å². The maximum atomic E-state index is 16.3. The van der Waals surface area contributed by atoms with Gasteiger partial charge in [-0.1, -0.05) is 0 Å². The number of aliphatic carboxylic acids is 1. The van der Waals surface area contributed by atoms with Crippen molar-refractivity contribution in [2.45, 2.75) is 22.9 Å². The minimum atomic E-state index is -1.67. The van der Waals surface area contributed by atoms with Crippen LogP contribution in [0.3, 0.4) is 0 Å². The van der Waals surface area contributed by atoms with E-state index in [-0.39, 0.29) is 35.8 Å². The summed E-state index contributed by atoms with van der Waals surface area (Å²) in [7, 11) is 2.64. The Balaban J connectivity index is 1.62. The molecule has 0 saturated carbocycles. The summed E-state index contributed by atoms with van der Waals surface area (Å²) >= 11 is -1.67. The van der Waals surface area contributed by atoms with Crippen LogP contribution in [0.25, 0.3) is 32.9 Å². The summed E-state index contributed by atoms with van der Waals surface area (Å²) in [5, 5.41) is 10.6. The molecule has 39 heavy (non-hydrogen) atoms. The number of carboxylic acid groups (broad SMARTS) is 1. The number of benzene rings is 2. The van der Waals surface area contributed by atoms with Gasteiger partial charge in [0.2, 0.25) is 0 Å². The number of ether oxygens (including phenoxy) is 1. The van der Waals surface area contributed by atoms with E-state index in [9.17, 15) is 4.79 Å². The Labute approximate surface area is 237 Å². The maximum absolute atomic E-state index is 16.3. The molecule has 4 aromatic rings. The van der Waals surface area contributed by atoms with Gasteiger partial charge in [0.15, 0.2) is 0 Å². The Hall–Kier alpha value is -3.01. The molecule has 0 aliphatic carbocycles. The Morgan fingerprint density at radius 2 is 2.13 bits per heavy atom. The Morgan fingerprint density at radius 3 is 2.97 bits per heavy atom. The van der Waals surface area contributed by atoms with E-state index in [4.69, 9.17) is 9.84 Å². The first-order valence-electron chi connectivity index (χ1n) is 12.4. The van der Waals surface area contributed by atoms with Gasteiger partial charge >= 0.3 is 238 Å². The van der Waals surface area contributed by atoms with Crippen molar-refractivity contribution in [3.05, 3.63) is 53.7 Å². The molecule has 2 aromatic heterocycles. The zero-order valence-electron chi connectivity index (χ0n) is 20.7. The average molecular weight is 738 g/mol. The van der Waals surface area contributed by atoms with Crippen LogP contribution < -0.4 is 9.41 Å². The third-order valence-corrected chi connectivity index (χ3v) is 13.0. The topological polar surface area (TPSA) is 91.7 Å². The Bertz CT molecular complexity index is 1700. The van der Waals surface area contributed by atoms with Gasteiger partial charge in [-0.15, -0.1) is 0 Å². The van der Waals surface area contributed by atoms with E-state index in [2.05, 4.69) is 38.6 Å². The van der Waals surface area contributed by atoms with Crippen LogP contribution in [0.2, 0.25) is 0 Å². The summed E-state index contributed by atoms with van der Waals surface area (Å²) in [5.41, 5.74) is 0.667. The van der Waals surface area contributed by atoms with Crippen molar-refractivity contribution in [1.29, 1.82) is 0 Å². The van der Waals surface area contributed by atoms with Gasteiger partial charge < -0.3 is 0 Å². The standard InChI is InChI=1S/C27H22F2N5O3P.Tl/c1-2-17-20(28)9-8-16-6-5-7-18(22(16)17)24-23(29)25-19(14-30-24)26(34(38)15-33-11-3-4-12-33)32-27(31-25)37-13-10-21(35)36;/h5-9,11,14H,3-4,10,12-13,15,38H2,(H,35,36);. The van der Waals surface area contributed by atoms with Gasteiger partial charge in [-0.25, -0.2) is 0 Å². The first-order chi connectivity index (χ1) is 18.9. The fraction of sp³-hybridized carbons (Fsp3) is 0.259. The number of aromatic nitrogens is 3. The van der Waals surface area contributed by atoms with Gasteiger partial charge in [0.25, 0.3) is 0 Å². The van der Waals surface area contributed by atoms with Crippen LogP contribution in [-0.4, -0.2) is 78.6 Å². The summed E-state index contributed by atoms with van der Waals surface area (Å²) in [5.74, 6) is 1.36. The van der Waals surface area contributed by atoms with Crippen molar-refractivity contribution in [2.75, 3.05) is 24.5 Å². The molecule has 4 bridgehead atoms. The third kappa shape index (κ3) is 5.03. The van der Waals surface area contributed by atoms with Crippen molar-refractivity contribution in [3.8, 4) is 26.7 Å². The van der Waals surface area contributed by atoms with Crippen LogP contribution in [0.15, 0.2) is 36.5 Å². The molecule has 0 amide bonds. The monoisotopic (exact) mass is 738 g/mol. The molecule has 7 rings (SSSR count). The molecule has 2 aromatic carbocycles. The summed E-state index contributed by atoms with van der Waals surface area (Å²) in [6, 6.07) is 8.26. The molecule has 0 spiro atoms. The van der Waals surface area contributed by atoms with Gasteiger partial charge in [-0.3, -0.25) is 0 Å². The number of pyridine rings is 1. The fourth-order valence-electron chi connectivity index (χ4n) is 5.08. The van der Waals surface area contributed by atoms with E-state index < -0.39 is 41.8 Å². The molecule has 1 saturated heterocycles. The number of anilines is 1. The Morgan fingerprint density at radius 1 is 1.26 bits per heavy atom. The number of fused-ring (bicyclic) bond motifs is 3. The summed E-state index contributed by atoms with van der Waals surface area (Å²) < 4.78 is 42.7. The first-order valence-corrected chi connectivity index (χ1v) is 17.8. The molecule has 5 heterocycles. The first kappa shape index (κ1) is 26.2. The average Bonchev–Trinajstić information content (AvgIpc) is 3.35. The molecule has 1 N–H and O–H groups in total. The number of rotatable bonds is 4. The number of carboxylic acids is 1. The van der Waals surface area contributed by atoms with Crippen molar-refractivity contribution in [1.82, 2.24) is 19.9 Å². The van der Waals surface area contributed by atoms with Gasteiger partial charge in [0, 0.05) is 0 Å². The SMILES string of the molecule is O=C(O)CCOc1nc2c3cnc(c(F)c3n1)-c1cccc3ccc(F)c(c13)C#[C][Tl][CH]1CCCN1CN2P. The van der Waals surface area contributed by atoms with Crippen molar-refractivity contribution >= 4 is 67.1 Å². The molecule has 3 aliphatic heterocycles. The molecule has 195 valence electrons. The Kier molecular flexibility index (Phi) is 7.31. The van der Waals surface area contributed by atoms with Gasteiger partial charge in [0.05, 0.1) is 0 Å². The second-order valence-electron chi connectivity index (χ2n) is 9.40. The molecule has 8 nitrogen and oxygen atoms in total. The normalized spacial score (nSPS) is 16.7. The molecule has 2 atom stereocenters. The molecule has 3 aliphatic rings. The minimum absolute atomic E-state index is 0.0112. The summed E-state index contributed by atoms with van der Waals surface area (Å²) in [4.78, 5) is 26.7. The number of carbonyl (C=O) groups is 1. The van der Waals surface area contributed by atoms with Crippen LogP contribution in [0.5, 0.6) is 6.01 Å². The van der Waals surface area contributed by atoms with E-state index in [0.29, 0.717) is 32.4 Å². The van der Waals surface area contributed by atoms with E-state index in [1.165, 1.54) is 12.3 Å². The molecule has 0 radical (unpaired) electrons. The van der Waals surface area contributed by atoms with Gasteiger partial charge in [-0.05, 0) is 0 Å². The van der Waals surface area contributed by atoms with Crippen molar-refractivity contribution in [2.24, 2.45) is 0 Å². The predicted octanol–water partition coefficient (Wildman–Crippen LogP) is 3.98. The van der Waals surface area contributed by atoms with Crippen LogP contribution >= 0.6 is 9.39 Å². The van der Waals surface area contributed by atoms with Gasteiger partial charge in [-0.2, -0.15) is 0 Å². The number of nitrogens with zero attached hydrogens (tertiary/aromatic N) is 5. The molecule has 2 unspecified atom stereocenters. The molecular weight excluding hydrogens is 716 g/mol. The molecule has 12 heteroatoms. The summed E-state index contributed by atoms with van der Waals surface area (Å²) in [6.07, 6.45) is 3.35. The summed E-state index contributed by atoms with van der Waals surface area (Å²) in [6.45, 7) is 1.23. The number of hydrogen-bond acceptors (Lipinski definition) is 7. The van der Waals surface area contributed by atoms with Crippen molar-refractivity contribution < 1.29 is 23.4 Å². The van der Waals surface area contributed by atoms with Crippen LogP contribution in [0, 0.1) is 21.0 Å². The van der Waals surface area contributed by atoms with E-state index >= 15 is 8.78 Å². The zero-order valence-corrected chi connectivity index (χ0v) is 26.3. The number of halogens is 2. The van der Waals surface area contributed by atoms with E-state index in [1.807, 2.05) is 10.7 Å². The van der Waals surface area contributed by atoms with Crippen molar-refractivity contribution in [3.63, 3.8) is 0 Å². The molecular formula is C27H22F2N5O3PTl. The predicted molar refractivity (Wildman–Crippen MR) is 147 cm³/mol. The quantitative estimate of drug-likeness (QED) is 0.191. The van der Waals surface area contributed by atoms with E-state index in [1.54, 1.807) is 18.2 Å².